The van der Waals surface area contributed by atoms with Crippen LogP contribution in [0.2, 0.25) is 0 Å². The molecule has 0 spiro atoms. The van der Waals surface area contributed by atoms with E-state index >= 15 is 0 Å². The zero-order valence-corrected chi connectivity index (χ0v) is 12.1. The van der Waals surface area contributed by atoms with Crippen LogP contribution in [0, 0.1) is 6.92 Å². The van der Waals surface area contributed by atoms with Crippen LogP contribution in [-0.4, -0.2) is 21.1 Å². The lowest BCUT2D eigenvalue weighted by Gasteiger charge is -2.10. The van der Waals surface area contributed by atoms with Crippen molar-refractivity contribution < 1.29 is 0 Å². The number of hydrogen-bond donors (Lipinski definition) is 1. The molecule has 0 aromatic carbocycles. The van der Waals surface area contributed by atoms with E-state index in [2.05, 4.69) is 49.7 Å². The largest absolute Gasteiger partial charge is 0.368 e. The number of hydrogen-bond acceptors (Lipinski definition) is 4. The van der Waals surface area contributed by atoms with Gasteiger partial charge in [0.15, 0.2) is 0 Å². The second-order valence-corrected chi connectivity index (χ2v) is 5.33. The minimum Gasteiger partial charge on any atom is -0.368 e. The normalized spacial score (nSPS) is 10.7. The Bertz CT molecular complexity index is 673. The fourth-order valence-electron chi connectivity index (χ4n) is 2.11. The molecule has 0 aliphatic rings. The molecule has 3 heterocycles. The first-order chi connectivity index (χ1) is 9.84. The zero-order valence-electron chi connectivity index (χ0n) is 11.3. The fraction of sp³-hybridized carbons (Fsp3) is 0.200. The molecule has 0 unspecified atom stereocenters. The molecule has 4 nitrogen and oxygen atoms in total. The van der Waals surface area contributed by atoms with Crippen molar-refractivity contribution in [1.82, 2.24) is 14.5 Å². The van der Waals surface area contributed by atoms with Gasteiger partial charge in [-0.25, -0.2) is 9.97 Å². The number of rotatable bonds is 5. The zero-order chi connectivity index (χ0) is 13.8. The smallest absolute Gasteiger partial charge is 0.140 e. The summed E-state index contributed by atoms with van der Waals surface area (Å²) >= 11 is 1.69. The minimum absolute atomic E-state index is 0.825. The molecule has 3 aromatic heterocycles. The lowest BCUT2D eigenvalue weighted by atomic mass is 10.3. The summed E-state index contributed by atoms with van der Waals surface area (Å²) in [6.07, 6.45) is 5.67. The van der Waals surface area contributed by atoms with Crippen molar-refractivity contribution in [3.8, 4) is 11.4 Å². The topological polar surface area (TPSA) is 42.7 Å². The van der Waals surface area contributed by atoms with Crippen molar-refractivity contribution in [2.45, 2.75) is 13.5 Å². The maximum Gasteiger partial charge on any atom is 0.140 e. The number of aryl methyl sites for hydroxylation is 1. The van der Waals surface area contributed by atoms with Gasteiger partial charge >= 0.3 is 0 Å². The molecule has 102 valence electrons. The summed E-state index contributed by atoms with van der Waals surface area (Å²) in [4.78, 5) is 8.76. The molecule has 0 aliphatic heterocycles. The summed E-state index contributed by atoms with van der Waals surface area (Å²) in [5.41, 5.74) is 2.34. The summed E-state index contributed by atoms with van der Waals surface area (Å²) in [6.45, 7) is 3.75. The predicted molar refractivity (Wildman–Crippen MR) is 83.0 cm³/mol. The first-order valence-corrected chi connectivity index (χ1v) is 7.48. The summed E-state index contributed by atoms with van der Waals surface area (Å²) in [7, 11) is 0. The van der Waals surface area contributed by atoms with Crippen molar-refractivity contribution in [3.05, 3.63) is 53.1 Å². The molecule has 0 saturated heterocycles. The molecule has 3 rings (SSSR count). The van der Waals surface area contributed by atoms with Crippen molar-refractivity contribution in [3.63, 3.8) is 0 Å². The Labute approximate surface area is 122 Å². The van der Waals surface area contributed by atoms with E-state index in [0.717, 1.165) is 30.3 Å². The van der Waals surface area contributed by atoms with Crippen molar-refractivity contribution in [2.24, 2.45) is 0 Å². The Balaban J connectivity index is 1.65. The summed E-state index contributed by atoms with van der Waals surface area (Å²) in [5.74, 6) is 1.97. The van der Waals surface area contributed by atoms with E-state index in [1.807, 2.05) is 24.7 Å². The number of aromatic nitrogens is 3. The van der Waals surface area contributed by atoms with E-state index in [1.165, 1.54) is 5.56 Å². The van der Waals surface area contributed by atoms with Crippen LogP contribution < -0.4 is 5.32 Å². The van der Waals surface area contributed by atoms with Gasteiger partial charge in [-0.3, -0.25) is 0 Å². The molecule has 0 aliphatic carbocycles. The van der Waals surface area contributed by atoms with Crippen LogP contribution in [-0.2, 0) is 6.54 Å². The third-order valence-electron chi connectivity index (χ3n) is 3.15. The number of nitrogens with one attached hydrogen (secondary N) is 1. The van der Waals surface area contributed by atoms with Crippen molar-refractivity contribution in [2.75, 3.05) is 11.9 Å². The standard InChI is InChI=1S/C15H16N4S/c1-12-3-2-5-16-14(12)17-6-8-19-9-7-18-15(19)13-4-10-20-11-13/h2-5,7,9-11H,6,8H2,1H3,(H,16,17). The summed E-state index contributed by atoms with van der Waals surface area (Å²) < 4.78 is 2.16. The molecular formula is C15H16N4S. The van der Waals surface area contributed by atoms with Gasteiger partial charge in [-0.15, -0.1) is 0 Å². The van der Waals surface area contributed by atoms with Gasteiger partial charge in [0.25, 0.3) is 0 Å². The van der Waals surface area contributed by atoms with E-state index in [4.69, 9.17) is 0 Å². The number of anilines is 1. The second kappa shape index (κ2) is 5.88. The molecule has 0 radical (unpaired) electrons. The van der Waals surface area contributed by atoms with E-state index in [-0.39, 0.29) is 0 Å². The summed E-state index contributed by atoms with van der Waals surface area (Å²) in [6, 6.07) is 6.11. The molecular weight excluding hydrogens is 268 g/mol. The highest BCUT2D eigenvalue weighted by molar-refractivity contribution is 7.08. The van der Waals surface area contributed by atoms with Gasteiger partial charge in [0, 0.05) is 42.6 Å². The molecule has 0 atom stereocenters. The van der Waals surface area contributed by atoms with Gasteiger partial charge in [0.05, 0.1) is 0 Å². The Kier molecular flexibility index (Phi) is 3.78. The molecule has 20 heavy (non-hydrogen) atoms. The molecule has 5 heteroatoms. The van der Waals surface area contributed by atoms with Gasteiger partial charge in [-0.2, -0.15) is 11.3 Å². The highest BCUT2D eigenvalue weighted by Gasteiger charge is 2.06. The van der Waals surface area contributed by atoms with E-state index < -0.39 is 0 Å². The van der Waals surface area contributed by atoms with Crippen LogP contribution >= 0.6 is 11.3 Å². The summed E-state index contributed by atoms with van der Waals surface area (Å²) in [5, 5.41) is 7.56. The van der Waals surface area contributed by atoms with E-state index in [0.29, 0.717) is 0 Å². The number of thiophene rings is 1. The lowest BCUT2D eigenvalue weighted by molar-refractivity contribution is 0.733. The third-order valence-corrected chi connectivity index (χ3v) is 3.83. The highest BCUT2D eigenvalue weighted by Crippen LogP contribution is 2.20. The fourth-order valence-corrected chi connectivity index (χ4v) is 2.74. The van der Waals surface area contributed by atoms with Crippen LogP contribution in [0.4, 0.5) is 5.82 Å². The second-order valence-electron chi connectivity index (χ2n) is 4.55. The van der Waals surface area contributed by atoms with Crippen molar-refractivity contribution >= 4 is 17.2 Å². The molecule has 0 amide bonds. The Hall–Kier alpha value is -2.14. The van der Waals surface area contributed by atoms with Crippen LogP contribution in [0.25, 0.3) is 11.4 Å². The number of nitrogens with zero attached hydrogens (tertiary/aromatic N) is 3. The van der Waals surface area contributed by atoms with Gasteiger partial charge in [-0.1, -0.05) is 6.07 Å². The average Bonchev–Trinajstić information content (AvgIpc) is 3.11. The predicted octanol–water partition coefficient (Wildman–Crippen LogP) is 3.43. The molecule has 3 aromatic rings. The van der Waals surface area contributed by atoms with Gasteiger partial charge in [0.1, 0.15) is 11.6 Å². The van der Waals surface area contributed by atoms with E-state index in [9.17, 15) is 0 Å². The van der Waals surface area contributed by atoms with Crippen LogP contribution in [0.3, 0.4) is 0 Å². The first kappa shape index (κ1) is 12.9. The third kappa shape index (κ3) is 2.72. The average molecular weight is 284 g/mol. The Morgan fingerprint density at radius 2 is 2.20 bits per heavy atom. The van der Waals surface area contributed by atoms with Crippen LogP contribution in [0.5, 0.6) is 0 Å². The van der Waals surface area contributed by atoms with Gasteiger partial charge in [0.2, 0.25) is 0 Å². The molecule has 0 fully saturated rings. The molecule has 0 bridgehead atoms. The first-order valence-electron chi connectivity index (χ1n) is 6.54. The SMILES string of the molecule is Cc1cccnc1NCCn1ccnc1-c1ccsc1. The maximum absolute atomic E-state index is 4.43. The molecule has 1 N–H and O–H groups in total. The minimum atomic E-state index is 0.825. The molecule has 0 saturated carbocycles. The van der Waals surface area contributed by atoms with Gasteiger partial charge in [-0.05, 0) is 30.0 Å². The van der Waals surface area contributed by atoms with Crippen LogP contribution in [0.15, 0.2) is 47.5 Å². The Morgan fingerprint density at radius 1 is 1.25 bits per heavy atom. The maximum atomic E-state index is 4.43. The number of pyridine rings is 1. The lowest BCUT2D eigenvalue weighted by Crippen LogP contribution is -2.12. The highest BCUT2D eigenvalue weighted by atomic mass is 32.1. The Morgan fingerprint density at radius 3 is 3.00 bits per heavy atom. The van der Waals surface area contributed by atoms with Crippen LogP contribution in [0.1, 0.15) is 5.56 Å². The van der Waals surface area contributed by atoms with Gasteiger partial charge < -0.3 is 9.88 Å². The number of imidazole rings is 1. The quantitative estimate of drug-likeness (QED) is 0.780. The van der Waals surface area contributed by atoms with Crippen molar-refractivity contribution in [1.29, 1.82) is 0 Å². The monoisotopic (exact) mass is 284 g/mol. The van der Waals surface area contributed by atoms with E-state index in [1.54, 1.807) is 11.3 Å².